The number of aromatic nitrogens is 2. The van der Waals surface area contributed by atoms with Crippen LogP contribution in [0.3, 0.4) is 0 Å². The van der Waals surface area contributed by atoms with Gasteiger partial charge in [0.05, 0.1) is 6.04 Å². The molecule has 0 radical (unpaired) electrons. The second-order valence-corrected chi connectivity index (χ2v) is 4.49. The van der Waals surface area contributed by atoms with Crippen LogP contribution in [0.1, 0.15) is 43.9 Å². The number of rotatable bonds is 4. The Morgan fingerprint density at radius 1 is 1.38 bits per heavy atom. The number of nitrogens with two attached hydrogens (primary N) is 1. The van der Waals surface area contributed by atoms with E-state index in [1.54, 1.807) is 0 Å². The zero-order valence-corrected chi connectivity index (χ0v) is 9.85. The van der Waals surface area contributed by atoms with Gasteiger partial charge in [0.15, 0.2) is 5.82 Å². The molecule has 1 aromatic heterocycles. The highest BCUT2D eigenvalue weighted by atomic mass is 16.5. The smallest absolute Gasteiger partial charge is 0.227 e. The molecule has 0 aromatic carbocycles. The summed E-state index contributed by atoms with van der Waals surface area (Å²) in [5, 5.41) is 3.85. The van der Waals surface area contributed by atoms with Gasteiger partial charge in [-0.25, -0.2) is 0 Å². The fourth-order valence-corrected chi connectivity index (χ4v) is 1.99. The average molecular weight is 224 g/mol. The SMILES string of the molecule is CC(N)c1noc(CCN2CCCCC2)n1. The summed E-state index contributed by atoms with van der Waals surface area (Å²) in [4.78, 5) is 6.72. The standard InChI is InChI=1S/C11H20N4O/c1-9(12)11-13-10(16-14-11)5-8-15-6-3-2-4-7-15/h9H,2-8,12H2,1H3. The fraction of sp³-hybridized carbons (Fsp3) is 0.818. The van der Waals surface area contributed by atoms with E-state index in [0.717, 1.165) is 13.0 Å². The van der Waals surface area contributed by atoms with E-state index < -0.39 is 0 Å². The molecule has 1 fully saturated rings. The van der Waals surface area contributed by atoms with Gasteiger partial charge in [0.25, 0.3) is 0 Å². The average Bonchev–Trinajstić information content (AvgIpc) is 2.76. The Hall–Kier alpha value is -0.940. The van der Waals surface area contributed by atoms with Crippen molar-refractivity contribution in [3.05, 3.63) is 11.7 Å². The third-order valence-electron chi connectivity index (χ3n) is 2.98. The Morgan fingerprint density at radius 3 is 2.75 bits per heavy atom. The lowest BCUT2D eigenvalue weighted by Crippen LogP contribution is -2.31. The van der Waals surface area contributed by atoms with E-state index in [1.165, 1.54) is 32.4 Å². The van der Waals surface area contributed by atoms with Gasteiger partial charge in [0.1, 0.15) is 0 Å². The van der Waals surface area contributed by atoms with Crippen molar-refractivity contribution in [1.82, 2.24) is 15.0 Å². The van der Waals surface area contributed by atoms with Gasteiger partial charge in [-0.2, -0.15) is 4.98 Å². The Labute approximate surface area is 96.0 Å². The van der Waals surface area contributed by atoms with E-state index in [0.29, 0.717) is 11.7 Å². The molecule has 0 aliphatic carbocycles. The first-order valence-corrected chi connectivity index (χ1v) is 6.06. The lowest BCUT2D eigenvalue weighted by atomic mass is 10.1. The summed E-state index contributed by atoms with van der Waals surface area (Å²) in [6.45, 7) is 5.28. The van der Waals surface area contributed by atoms with Crippen LogP contribution < -0.4 is 5.73 Å². The molecule has 5 nitrogen and oxygen atoms in total. The molecule has 1 atom stereocenters. The molecule has 0 saturated carbocycles. The minimum atomic E-state index is -0.146. The van der Waals surface area contributed by atoms with Crippen molar-refractivity contribution < 1.29 is 4.52 Å². The van der Waals surface area contributed by atoms with Gasteiger partial charge < -0.3 is 15.2 Å². The summed E-state index contributed by atoms with van der Waals surface area (Å²) in [5.74, 6) is 1.31. The molecule has 1 aromatic rings. The summed E-state index contributed by atoms with van der Waals surface area (Å²) in [6, 6.07) is -0.146. The lowest BCUT2D eigenvalue weighted by molar-refractivity contribution is 0.223. The van der Waals surface area contributed by atoms with Crippen molar-refractivity contribution in [2.45, 2.75) is 38.6 Å². The molecule has 2 rings (SSSR count). The van der Waals surface area contributed by atoms with Crippen LogP contribution in [-0.4, -0.2) is 34.7 Å². The maximum atomic E-state index is 5.67. The van der Waals surface area contributed by atoms with Crippen LogP contribution in [0.4, 0.5) is 0 Å². The van der Waals surface area contributed by atoms with E-state index in [2.05, 4.69) is 15.0 Å². The maximum absolute atomic E-state index is 5.67. The summed E-state index contributed by atoms with van der Waals surface area (Å²) < 4.78 is 5.15. The molecule has 0 bridgehead atoms. The van der Waals surface area contributed by atoms with Gasteiger partial charge in [-0.3, -0.25) is 0 Å². The lowest BCUT2D eigenvalue weighted by Gasteiger charge is -2.25. The second-order valence-electron chi connectivity index (χ2n) is 4.49. The number of nitrogens with zero attached hydrogens (tertiary/aromatic N) is 3. The number of hydrogen-bond acceptors (Lipinski definition) is 5. The number of piperidine rings is 1. The Bertz CT molecular complexity index is 318. The van der Waals surface area contributed by atoms with Crippen LogP contribution in [0.5, 0.6) is 0 Å². The molecule has 0 spiro atoms. The molecule has 90 valence electrons. The van der Waals surface area contributed by atoms with Gasteiger partial charge in [0.2, 0.25) is 5.89 Å². The Kier molecular flexibility index (Phi) is 3.90. The fourth-order valence-electron chi connectivity index (χ4n) is 1.99. The highest BCUT2D eigenvalue weighted by Gasteiger charge is 2.13. The first kappa shape index (κ1) is 11.5. The first-order chi connectivity index (χ1) is 7.75. The van der Waals surface area contributed by atoms with Crippen molar-refractivity contribution in [3.63, 3.8) is 0 Å². The van der Waals surface area contributed by atoms with Crippen LogP contribution in [0, 0.1) is 0 Å². The molecule has 16 heavy (non-hydrogen) atoms. The third-order valence-corrected chi connectivity index (χ3v) is 2.98. The largest absolute Gasteiger partial charge is 0.339 e. The molecule has 1 saturated heterocycles. The van der Waals surface area contributed by atoms with E-state index in [-0.39, 0.29) is 6.04 Å². The molecule has 0 amide bonds. The van der Waals surface area contributed by atoms with Crippen molar-refractivity contribution in [3.8, 4) is 0 Å². The summed E-state index contributed by atoms with van der Waals surface area (Å²) in [5.41, 5.74) is 5.67. The molecule has 2 N–H and O–H groups in total. The van der Waals surface area contributed by atoms with Crippen LogP contribution in [-0.2, 0) is 6.42 Å². The van der Waals surface area contributed by atoms with Crippen molar-refractivity contribution in [2.24, 2.45) is 5.73 Å². The van der Waals surface area contributed by atoms with Gasteiger partial charge in [-0.15, -0.1) is 0 Å². The highest BCUT2D eigenvalue weighted by molar-refractivity contribution is 4.91. The van der Waals surface area contributed by atoms with Crippen molar-refractivity contribution in [2.75, 3.05) is 19.6 Å². The monoisotopic (exact) mass is 224 g/mol. The highest BCUT2D eigenvalue weighted by Crippen LogP contribution is 2.10. The number of hydrogen-bond donors (Lipinski definition) is 1. The van der Waals surface area contributed by atoms with Crippen LogP contribution >= 0.6 is 0 Å². The molecule has 1 unspecified atom stereocenters. The summed E-state index contributed by atoms with van der Waals surface area (Å²) in [7, 11) is 0. The quantitative estimate of drug-likeness (QED) is 0.830. The molecule has 1 aliphatic heterocycles. The Balaban J connectivity index is 1.79. The molecule has 1 aliphatic rings. The minimum Gasteiger partial charge on any atom is -0.339 e. The second kappa shape index (κ2) is 5.41. The van der Waals surface area contributed by atoms with Gasteiger partial charge in [-0.1, -0.05) is 11.6 Å². The molecule has 2 heterocycles. The van der Waals surface area contributed by atoms with E-state index >= 15 is 0 Å². The van der Waals surface area contributed by atoms with E-state index in [4.69, 9.17) is 10.3 Å². The normalized spacial score (nSPS) is 19.9. The van der Waals surface area contributed by atoms with E-state index in [9.17, 15) is 0 Å². The zero-order chi connectivity index (χ0) is 11.4. The van der Waals surface area contributed by atoms with Gasteiger partial charge in [-0.05, 0) is 32.9 Å². The Morgan fingerprint density at radius 2 is 2.12 bits per heavy atom. The number of likely N-dealkylation sites (tertiary alicyclic amines) is 1. The molecular weight excluding hydrogens is 204 g/mol. The first-order valence-electron chi connectivity index (χ1n) is 6.06. The van der Waals surface area contributed by atoms with Gasteiger partial charge in [0, 0.05) is 13.0 Å². The van der Waals surface area contributed by atoms with Crippen LogP contribution in [0.2, 0.25) is 0 Å². The summed E-state index contributed by atoms with van der Waals surface area (Å²) in [6.07, 6.45) is 4.83. The molecule has 5 heteroatoms. The summed E-state index contributed by atoms with van der Waals surface area (Å²) >= 11 is 0. The predicted octanol–water partition coefficient (Wildman–Crippen LogP) is 1.12. The van der Waals surface area contributed by atoms with Crippen molar-refractivity contribution >= 4 is 0 Å². The zero-order valence-electron chi connectivity index (χ0n) is 9.85. The molecular formula is C11H20N4O. The minimum absolute atomic E-state index is 0.146. The maximum Gasteiger partial charge on any atom is 0.227 e. The topological polar surface area (TPSA) is 68.2 Å². The predicted molar refractivity (Wildman–Crippen MR) is 60.9 cm³/mol. The van der Waals surface area contributed by atoms with Gasteiger partial charge >= 0.3 is 0 Å². The van der Waals surface area contributed by atoms with E-state index in [1.807, 2.05) is 6.92 Å². The van der Waals surface area contributed by atoms with Crippen LogP contribution in [0.15, 0.2) is 4.52 Å². The van der Waals surface area contributed by atoms with Crippen molar-refractivity contribution in [1.29, 1.82) is 0 Å². The third kappa shape index (κ3) is 3.02. The van der Waals surface area contributed by atoms with Crippen LogP contribution in [0.25, 0.3) is 0 Å².